The van der Waals surface area contributed by atoms with Crippen LogP contribution in [0.3, 0.4) is 0 Å². The first-order valence-corrected chi connectivity index (χ1v) is 9.08. The average molecular weight is 445 g/mol. The smallest absolute Gasteiger partial charge is 0.291 e. The van der Waals surface area contributed by atoms with Gasteiger partial charge < -0.3 is 14.5 Å². The molecule has 10 heteroatoms. The summed E-state index contributed by atoms with van der Waals surface area (Å²) in [4.78, 5) is 12.4. The van der Waals surface area contributed by atoms with Crippen LogP contribution in [0.25, 0.3) is 0 Å². The topological polar surface area (TPSA) is 90.4 Å². The molecule has 2 aromatic carbocycles. The van der Waals surface area contributed by atoms with Crippen molar-refractivity contribution in [3.63, 3.8) is 0 Å². The van der Waals surface area contributed by atoms with Crippen molar-refractivity contribution in [2.24, 2.45) is 0 Å². The number of hydrogen-bond acceptors (Lipinski definition) is 4. The summed E-state index contributed by atoms with van der Waals surface area (Å²) < 4.78 is 8.08. The van der Waals surface area contributed by atoms with Crippen molar-refractivity contribution < 1.29 is 15.0 Å². The molecule has 0 saturated heterocycles. The van der Waals surface area contributed by atoms with E-state index in [-0.39, 0.29) is 6.10 Å². The third-order valence-corrected chi connectivity index (χ3v) is 4.42. The maximum atomic E-state index is 8.36. The van der Waals surface area contributed by atoms with Gasteiger partial charge in [0.05, 0.1) is 19.5 Å². The zero-order valence-corrected chi connectivity index (χ0v) is 16.7. The molecule has 1 atom stereocenters. The van der Waals surface area contributed by atoms with Gasteiger partial charge in [0.15, 0.2) is 0 Å². The zero-order chi connectivity index (χ0) is 20.5. The van der Waals surface area contributed by atoms with E-state index in [4.69, 9.17) is 54.9 Å². The zero-order valence-electron chi connectivity index (χ0n) is 14.4. The van der Waals surface area contributed by atoms with E-state index in [9.17, 15) is 0 Å². The third kappa shape index (κ3) is 7.36. The van der Waals surface area contributed by atoms with E-state index < -0.39 is 5.09 Å². The highest BCUT2D eigenvalue weighted by atomic mass is 35.5. The number of nitrogens with zero attached hydrogens (tertiary/aromatic N) is 3. The molecule has 0 spiro atoms. The minimum Gasteiger partial charge on any atom is -0.367 e. The Morgan fingerprint density at radius 2 is 1.79 bits per heavy atom. The maximum absolute atomic E-state index is 8.36. The minimum atomic E-state index is -1.50. The van der Waals surface area contributed by atoms with Crippen LogP contribution in [0, 0.1) is 10.1 Å². The number of hydrogen-bond donors (Lipinski definition) is 1. The molecule has 0 fully saturated rings. The molecule has 0 amide bonds. The first-order valence-electron chi connectivity index (χ1n) is 7.95. The Hall–Kier alpha value is -2.32. The summed E-state index contributed by atoms with van der Waals surface area (Å²) in [6.07, 6.45) is 5.16. The fourth-order valence-corrected chi connectivity index (χ4v) is 3.02. The second-order valence-corrected chi connectivity index (χ2v) is 6.87. The van der Waals surface area contributed by atoms with Crippen molar-refractivity contribution in [3.8, 4) is 0 Å². The van der Waals surface area contributed by atoms with Crippen molar-refractivity contribution in [2.75, 3.05) is 0 Å². The van der Waals surface area contributed by atoms with Gasteiger partial charge in [-0.05, 0) is 29.8 Å². The Morgan fingerprint density at radius 1 is 1.14 bits per heavy atom. The summed E-state index contributed by atoms with van der Waals surface area (Å²) in [6, 6.07) is 13.0. The van der Waals surface area contributed by atoms with Crippen molar-refractivity contribution >= 4 is 34.8 Å². The van der Waals surface area contributed by atoms with Gasteiger partial charge in [0.2, 0.25) is 0 Å². The first kappa shape index (κ1) is 22.0. The molecule has 1 aromatic heterocycles. The normalized spacial score (nSPS) is 11.4. The Morgan fingerprint density at radius 3 is 2.36 bits per heavy atom. The lowest BCUT2D eigenvalue weighted by Crippen LogP contribution is -2.12. The molecule has 0 bridgehead atoms. The van der Waals surface area contributed by atoms with Crippen molar-refractivity contribution in [1.82, 2.24) is 9.55 Å². The van der Waals surface area contributed by atoms with Crippen LogP contribution in [0.2, 0.25) is 15.1 Å². The Balaban J connectivity index is 0.000000640. The predicted octanol–water partition coefficient (Wildman–Crippen LogP) is 5.45. The summed E-state index contributed by atoms with van der Waals surface area (Å²) in [5.41, 5.74) is 1.93. The van der Waals surface area contributed by atoms with Crippen LogP contribution < -0.4 is 0 Å². The molecule has 0 aliphatic heterocycles. The van der Waals surface area contributed by atoms with Crippen LogP contribution in [0.4, 0.5) is 0 Å². The average Bonchev–Trinajstić information content (AvgIpc) is 3.13. The van der Waals surface area contributed by atoms with Crippen LogP contribution in [-0.2, 0) is 17.9 Å². The lowest BCUT2D eigenvalue weighted by molar-refractivity contribution is -0.742. The quantitative estimate of drug-likeness (QED) is 0.403. The van der Waals surface area contributed by atoms with Gasteiger partial charge in [-0.3, -0.25) is 0 Å². The van der Waals surface area contributed by atoms with E-state index in [2.05, 4.69) is 4.98 Å². The predicted molar refractivity (Wildman–Crippen MR) is 106 cm³/mol. The molecular weight excluding hydrogens is 429 g/mol. The SMILES string of the molecule is Clc1ccc(CO[C@H](Cn2ccnc2)c2ccc(Cl)cc2Cl)cc1.O=[N+]([O-])O. The molecule has 0 radical (unpaired) electrons. The van der Waals surface area contributed by atoms with Crippen LogP contribution in [-0.4, -0.2) is 19.8 Å². The fourth-order valence-electron chi connectivity index (χ4n) is 2.37. The van der Waals surface area contributed by atoms with Gasteiger partial charge in [-0.2, -0.15) is 0 Å². The van der Waals surface area contributed by atoms with Crippen LogP contribution >= 0.6 is 34.8 Å². The van der Waals surface area contributed by atoms with E-state index in [0.717, 1.165) is 11.1 Å². The number of aromatic nitrogens is 2. The third-order valence-electron chi connectivity index (χ3n) is 3.61. The monoisotopic (exact) mass is 443 g/mol. The highest BCUT2D eigenvalue weighted by Crippen LogP contribution is 2.30. The lowest BCUT2D eigenvalue weighted by Gasteiger charge is -2.20. The Labute approximate surface area is 176 Å². The molecule has 7 nitrogen and oxygen atoms in total. The second kappa shape index (κ2) is 10.9. The molecule has 3 aromatic rings. The van der Waals surface area contributed by atoms with E-state index in [1.54, 1.807) is 18.6 Å². The van der Waals surface area contributed by atoms with E-state index in [1.807, 2.05) is 47.2 Å². The summed E-state index contributed by atoms with van der Waals surface area (Å²) in [5, 5.41) is 15.5. The van der Waals surface area contributed by atoms with Crippen LogP contribution in [0.15, 0.2) is 61.2 Å². The Kier molecular flexibility index (Phi) is 8.53. The lowest BCUT2D eigenvalue weighted by atomic mass is 10.1. The van der Waals surface area contributed by atoms with Crippen molar-refractivity contribution in [2.45, 2.75) is 19.3 Å². The molecule has 0 unspecified atom stereocenters. The van der Waals surface area contributed by atoms with Gasteiger partial charge in [0.1, 0.15) is 6.10 Å². The Bertz CT molecular complexity index is 886. The molecule has 3 rings (SSSR count). The molecule has 1 N–H and O–H groups in total. The fraction of sp³-hybridized carbons (Fsp3) is 0.167. The number of ether oxygens (including phenoxy) is 1. The van der Waals surface area contributed by atoms with Gasteiger partial charge in [0.25, 0.3) is 5.09 Å². The molecule has 0 aliphatic carbocycles. The highest BCUT2D eigenvalue weighted by Gasteiger charge is 2.17. The van der Waals surface area contributed by atoms with E-state index >= 15 is 0 Å². The van der Waals surface area contributed by atoms with Gasteiger partial charge in [-0.15, -0.1) is 10.1 Å². The molecule has 1 heterocycles. The summed E-state index contributed by atoms with van der Waals surface area (Å²) in [7, 11) is 0. The molecule has 148 valence electrons. The van der Waals surface area contributed by atoms with Crippen molar-refractivity contribution in [3.05, 3.63) is 97.5 Å². The maximum Gasteiger partial charge on any atom is 0.291 e. The molecular formula is C18H16Cl3N3O4. The second-order valence-electron chi connectivity index (χ2n) is 5.59. The molecule has 0 aliphatic rings. The minimum absolute atomic E-state index is 0.223. The van der Waals surface area contributed by atoms with Crippen LogP contribution in [0.1, 0.15) is 17.2 Å². The highest BCUT2D eigenvalue weighted by molar-refractivity contribution is 6.35. The van der Waals surface area contributed by atoms with Gasteiger partial charge in [-0.25, -0.2) is 4.98 Å². The van der Waals surface area contributed by atoms with Gasteiger partial charge in [-0.1, -0.05) is 53.0 Å². The van der Waals surface area contributed by atoms with E-state index in [0.29, 0.717) is 28.2 Å². The number of benzene rings is 2. The van der Waals surface area contributed by atoms with Gasteiger partial charge >= 0.3 is 0 Å². The van der Waals surface area contributed by atoms with Crippen LogP contribution in [0.5, 0.6) is 0 Å². The van der Waals surface area contributed by atoms with Crippen molar-refractivity contribution in [1.29, 1.82) is 0 Å². The first-order chi connectivity index (χ1) is 13.3. The standard InChI is InChI=1S/C18H15Cl3N2O.HNO3/c19-14-3-1-13(2-4-14)11-24-18(10-23-8-7-22-12-23)16-6-5-15(20)9-17(16)21;2-1(3)4/h1-9,12,18H,10-11H2;(H,2,3,4)/t18-;/m1./s1. The number of imidazole rings is 1. The largest absolute Gasteiger partial charge is 0.367 e. The summed E-state index contributed by atoms with van der Waals surface area (Å²) in [6.45, 7) is 1.06. The summed E-state index contributed by atoms with van der Waals surface area (Å²) in [5.74, 6) is 0. The number of rotatable bonds is 6. The summed E-state index contributed by atoms with van der Waals surface area (Å²) >= 11 is 18.3. The molecule has 0 saturated carbocycles. The van der Waals surface area contributed by atoms with E-state index in [1.165, 1.54) is 0 Å². The molecule has 28 heavy (non-hydrogen) atoms. The number of halogens is 3. The van der Waals surface area contributed by atoms with Gasteiger partial charge in [0, 0.05) is 33.0 Å².